The first-order chi connectivity index (χ1) is 3.63. The van der Waals surface area contributed by atoms with Crippen molar-refractivity contribution in [1.82, 2.24) is 0 Å². The van der Waals surface area contributed by atoms with Crippen molar-refractivity contribution in [3.63, 3.8) is 0 Å². The van der Waals surface area contributed by atoms with Gasteiger partial charge in [0.2, 0.25) is 0 Å². The molecule has 0 saturated heterocycles. The van der Waals surface area contributed by atoms with E-state index in [4.69, 9.17) is 20.7 Å². The van der Waals surface area contributed by atoms with Crippen LogP contribution in [-0.2, 0) is 0 Å². The predicted molar refractivity (Wildman–Crippen MR) is 35.9 cm³/mol. The number of allylic oxidation sites excluding steroid dienone is 2. The molecule has 1 heterocycles. The van der Waals surface area contributed by atoms with Crippen molar-refractivity contribution in [2.24, 2.45) is 0 Å². The van der Waals surface area contributed by atoms with Crippen LogP contribution in [0.4, 0.5) is 0 Å². The van der Waals surface area contributed by atoms with E-state index in [0.717, 1.165) is 0 Å². The zero-order valence-electron chi connectivity index (χ0n) is 3.91. The number of halogens is 1. The lowest BCUT2D eigenvalue weighted by Gasteiger charge is -2.22. The fourth-order valence-electron chi connectivity index (χ4n) is 0.390. The minimum absolute atomic E-state index is 0.123. The van der Waals surface area contributed by atoms with Crippen LogP contribution < -0.4 is 0 Å². The molecule has 0 saturated carbocycles. The maximum absolute atomic E-state index is 8.81. The molecule has 0 aromatic rings. The van der Waals surface area contributed by atoms with Gasteiger partial charge in [0.25, 0.3) is 0 Å². The monoisotopic (exact) mass is 152 g/mol. The number of hydrogen-bond donors (Lipinski definition) is 2. The summed E-state index contributed by atoms with van der Waals surface area (Å²) in [6, 6.07) is 0. The summed E-state index contributed by atoms with van der Waals surface area (Å²) in [6.45, 7) is 0. The van der Waals surface area contributed by atoms with Crippen molar-refractivity contribution < 1.29 is 9.11 Å². The summed E-state index contributed by atoms with van der Waals surface area (Å²) in [4.78, 5) is 0. The summed E-state index contributed by atoms with van der Waals surface area (Å²) in [5, 5.41) is 1.29. The van der Waals surface area contributed by atoms with Crippen LogP contribution in [0.5, 0.6) is 0 Å². The van der Waals surface area contributed by atoms with Gasteiger partial charge in [-0.15, -0.1) is 10.6 Å². The van der Waals surface area contributed by atoms with E-state index >= 15 is 0 Å². The molecule has 0 aliphatic carbocycles. The van der Waals surface area contributed by atoms with Crippen molar-refractivity contribution in [1.29, 1.82) is 0 Å². The van der Waals surface area contributed by atoms with E-state index < -0.39 is 10.6 Å². The lowest BCUT2D eigenvalue weighted by Crippen LogP contribution is -1.86. The number of rotatable bonds is 0. The molecule has 0 aromatic heterocycles. The second-order valence-corrected chi connectivity index (χ2v) is 3.92. The van der Waals surface area contributed by atoms with Gasteiger partial charge in [0.1, 0.15) is 4.36 Å². The lowest BCUT2D eigenvalue weighted by molar-refractivity contribution is 0.511. The topological polar surface area (TPSA) is 40.5 Å². The summed E-state index contributed by atoms with van der Waals surface area (Å²) in [5.74, 6) is 0. The van der Waals surface area contributed by atoms with Gasteiger partial charge < -0.3 is 0 Å². The predicted octanol–water partition coefficient (Wildman–Crippen LogP) is 2.34. The largest absolute Gasteiger partial charge is 0.290 e. The maximum atomic E-state index is 8.81. The first-order valence-corrected chi connectivity index (χ1v) is 3.94. The third-order valence-electron chi connectivity index (χ3n) is 0.783. The molecule has 8 heavy (non-hydrogen) atoms. The average Bonchev–Trinajstić information content (AvgIpc) is 1.86. The second kappa shape index (κ2) is 1.77. The quantitative estimate of drug-likeness (QED) is 0.560. The van der Waals surface area contributed by atoms with Crippen molar-refractivity contribution in [2.45, 2.75) is 0 Å². The molecular weight excluding hydrogens is 148 g/mol. The smallest absolute Gasteiger partial charge is 0.129 e. The third kappa shape index (κ3) is 0.902. The molecule has 0 radical (unpaired) electrons. The Bertz CT molecular complexity index is 161. The van der Waals surface area contributed by atoms with Gasteiger partial charge in [0.05, 0.1) is 0 Å². The molecule has 0 fully saturated rings. The molecule has 0 unspecified atom stereocenters. The Kier molecular flexibility index (Phi) is 1.37. The Morgan fingerprint density at radius 1 is 1.50 bits per heavy atom. The van der Waals surface area contributed by atoms with E-state index in [1.807, 2.05) is 0 Å². The van der Waals surface area contributed by atoms with Crippen LogP contribution in [0, 0.1) is 0 Å². The van der Waals surface area contributed by atoms with Crippen LogP contribution >= 0.6 is 22.2 Å². The highest BCUT2D eigenvalue weighted by Crippen LogP contribution is 2.53. The molecule has 1 aliphatic rings. The molecule has 4 heteroatoms. The Morgan fingerprint density at radius 2 is 2.12 bits per heavy atom. The molecule has 0 atom stereocenters. The normalized spacial score (nSPS) is 27.6. The molecule has 0 spiro atoms. The van der Waals surface area contributed by atoms with Crippen LogP contribution in [0.15, 0.2) is 21.9 Å². The van der Waals surface area contributed by atoms with Crippen LogP contribution in [0.1, 0.15) is 0 Å². The first kappa shape index (κ1) is 6.16. The molecule has 2 nitrogen and oxygen atoms in total. The standard InChI is InChI=1S/C4H5ClO2S/c5-4-2-1-3-8(4,6)7/h1-3,6-7H. The van der Waals surface area contributed by atoms with E-state index in [0.29, 0.717) is 0 Å². The Morgan fingerprint density at radius 3 is 2.25 bits per heavy atom. The minimum atomic E-state index is -2.68. The summed E-state index contributed by atoms with van der Waals surface area (Å²) in [7, 11) is -2.68. The van der Waals surface area contributed by atoms with Gasteiger partial charge in [-0.05, 0) is 12.2 Å². The van der Waals surface area contributed by atoms with Crippen molar-refractivity contribution in [3.05, 3.63) is 21.9 Å². The average molecular weight is 153 g/mol. The Labute approximate surface area is 53.8 Å². The minimum Gasteiger partial charge on any atom is -0.290 e. The lowest BCUT2D eigenvalue weighted by atomic mass is 10.6. The van der Waals surface area contributed by atoms with Gasteiger partial charge in [-0.2, -0.15) is 0 Å². The molecule has 0 aromatic carbocycles. The highest BCUT2D eigenvalue weighted by molar-refractivity contribution is 8.31. The Hall–Kier alpha value is 0.0400. The zero-order valence-corrected chi connectivity index (χ0v) is 5.49. The van der Waals surface area contributed by atoms with E-state index in [1.54, 1.807) is 0 Å². The molecule has 0 amide bonds. The van der Waals surface area contributed by atoms with Gasteiger partial charge in [0.15, 0.2) is 0 Å². The Balaban J connectivity index is 2.87. The van der Waals surface area contributed by atoms with Crippen molar-refractivity contribution >= 4 is 22.2 Å². The highest BCUT2D eigenvalue weighted by atomic mass is 35.5. The summed E-state index contributed by atoms with van der Waals surface area (Å²) < 4.78 is 17.8. The van der Waals surface area contributed by atoms with E-state index in [-0.39, 0.29) is 4.36 Å². The fourth-order valence-corrected chi connectivity index (χ4v) is 1.32. The SMILES string of the molecule is OS1(O)C=CC=C1Cl. The number of hydrogen-bond acceptors (Lipinski definition) is 2. The van der Waals surface area contributed by atoms with Crippen LogP contribution in [0.25, 0.3) is 0 Å². The van der Waals surface area contributed by atoms with E-state index in [2.05, 4.69) is 0 Å². The van der Waals surface area contributed by atoms with Crippen LogP contribution in [-0.4, -0.2) is 9.11 Å². The van der Waals surface area contributed by atoms with Crippen molar-refractivity contribution in [3.8, 4) is 0 Å². The summed E-state index contributed by atoms with van der Waals surface area (Å²) in [6.07, 6.45) is 2.99. The molecule has 0 bridgehead atoms. The van der Waals surface area contributed by atoms with Crippen LogP contribution in [0.3, 0.4) is 0 Å². The summed E-state index contributed by atoms with van der Waals surface area (Å²) >= 11 is 5.34. The van der Waals surface area contributed by atoms with Crippen LogP contribution in [0.2, 0.25) is 0 Å². The van der Waals surface area contributed by atoms with E-state index in [9.17, 15) is 0 Å². The van der Waals surface area contributed by atoms with Gasteiger partial charge >= 0.3 is 0 Å². The first-order valence-electron chi connectivity index (χ1n) is 1.95. The van der Waals surface area contributed by atoms with Crippen molar-refractivity contribution in [2.75, 3.05) is 0 Å². The van der Waals surface area contributed by atoms with Gasteiger partial charge in [-0.25, -0.2) is 0 Å². The third-order valence-corrected chi connectivity index (χ3v) is 2.84. The maximum Gasteiger partial charge on any atom is 0.129 e. The molecule has 1 rings (SSSR count). The van der Waals surface area contributed by atoms with Gasteiger partial charge in [-0.1, -0.05) is 11.6 Å². The summed E-state index contributed by atoms with van der Waals surface area (Å²) in [5.41, 5.74) is 0. The van der Waals surface area contributed by atoms with Gasteiger partial charge in [-0.3, -0.25) is 9.11 Å². The molecule has 46 valence electrons. The van der Waals surface area contributed by atoms with E-state index in [1.165, 1.54) is 17.6 Å². The molecule has 2 N–H and O–H groups in total. The molecule has 1 aliphatic heterocycles. The highest BCUT2D eigenvalue weighted by Gasteiger charge is 2.15. The van der Waals surface area contributed by atoms with Gasteiger partial charge in [0, 0.05) is 5.41 Å². The zero-order chi connectivity index (χ0) is 6.20. The molecular formula is C4H5ClO2S. The fraction of sp³-hybridized carbons (Fsp3) is 0. The second-order valence-electron chi connectivity index (χ2n) is 1.39.